The van der Waals surface area contributed by atoms with E-state index in [1.54, 1.807) is 0 Å². The van der Waals surface area contributed by atoms with Crippen molar-refractivity contribution in [3.63, 3.8) is 0 Å². The van der Waals surface area contributed by atoms with Gasteiger partial charge in [-0.25, -0.2) is 0 Å². The van der Waals surface area contributed by atoms with Gasteiger partial charge < -0.3 is 10.6 Å². The van der Waals surface area contributed by atoms with Crippen molar-refractivity contribution in [2.24, 2.45) is 5.92 Å². The molecule has 0 aliphatic carbocycles. The molecule has 0 bridgehead atoms. The van der Waals surface area contributed by atoms with Gasteiger partial charge in [0.15, 0.2) is 5.82 Å². The minimum atomic E-state index is 0.246. The molecule has 6 heteroatoms. The topological polar surface area (TPSA) is 67.9 Å². The summed E-state index contributed by atoms with van der Waals surface area (Å²) in [5.41, 5.74) is 5.59. The third-order valence-electron chi connectivity index (χ3n) is 2.51. The SMILES string of the molecule is CC1CCN(c2nc(N)nc(CCl)n2)C1. The van der Waals surface area contributed by atoms with Crippen molar-refractivity contribution in [3.05, 3.63) is 5.82 Å². The summed E-state index contributed by atoms with van der Waals surface area (Å²) in [7, 11) is 0. The first-order valence-electron chi connectivity index (χ1n) is 5.00. The summed E-state index contributed by atoms with van der Waals surface area (Å²) < 4.78 is 0. The minimum absolute atomic E-state index is 0.246. The summed E-state index contributed by atoms with van der Waals surface area (Å²) in [5, 5.41) is 0. The first kappa shape index (κ1) is 10.4. The standard InChI is InChI=1S/C9H14ClN5/c1-6-2-3-15(5-6)9-13-7(4-10)12-8(11)14-9/h6H,2-5H2,1H3,(H2,11,12,13,14). The second-order valence-corrected chi connectivity index (χ2v) is 4.15. The van der Waals surface area contributed by atoms with E-state index in [9.17, 15) is 0 Å². The van der Waals surface area contributed by atoms with Crippen LogP contribution in [0.1, 0.15) is 19.2 Å². The maximum absolute atomic E-state index is 5.68. The molecule has 1 unspecified atom stereocenters. The average Bonchev–Trinajstić information content (AvgIpc) is 2.64. The fourth-order valence-corrected chi connectivity index (χ4v) is 1.86. The lowest BCUT2D eigenvalue weighted by Crippen LogP contribution is -2.23. The van der Waals surface area contributed by atoms with Crippen LogP contribution in [-0.2, 0) is 5.88 Å². The first-order chi connectivity index (χ1) is 7.19. The summed E-state index contributed by atoms with van der Waals surface area (Å²) >= 11 is 5.68. The van der Waals surface area contributed by atoms with Crippen molar-refractivity contribution < 1.29 is 0 Å². The van der Waals surface area contributed by atoms with Crippen molar-refractivity contribution >= 4 is 23.5 Å². The summed E-state index contributed by atoms with van der Waals surface area (Å²) in [4.78, 5) is 14.4. The predicted octanol–water partition coefficient (Wildman–Crippen LogP) is 1.04. The quantitative estimate of drug-likeness (QED) is 0.765. The van der Waals surface area contributed by atoms with Gasteiger partial charge >= 0.3 is 0 Å². The Morgan fingerprint density at radius 1 is 1.47 bits per heavy atom. The summed E-state index contributed by atoms with van der Waals surface area (Å²) in [6.45, 7) is 4.17. The number of hydrogen-bond acceptors (Lipinski definition) is 5. The smallest absolute Gasteiger partial charge is 0.230 e. The number of nitrogens with two attached hydrogens (primary N) is 1. The third kappa shape index (κ3) is 2.28. The Morgan fingerprint density at radius 2 is 2.27 bits per heavy atom. The molecule has 0 saturated carbocycles. The zero-order valence-corrected chi connectivity index (χ0v) is 9.41. The van der Waals surface area contributed by atoms with E-state index in [4.69, 9.17) is 17.3 Å². The number of rotatable bonds is 2. The lowest BCUT2D eigenvalue weighted by atomic mass is 10.2. The fraction of sp³-hybridized carbons (Fsp3) is 0.667. The Morgan fingerprint density at radius 3 is 2.87 bits per heavy atom. The Balaban J connectivity index is 2.24. The molecule has 2 rings (SSSR count). The van der Waals surface area contributed by atoms with E-state index in [-0.39, 0.29) is 11.8 Å². The molecule has 1 aliphatic heterocycles. The van der Waals surface area contributed by atoms with Crippen LogP contribution in [0.3, 0.4) is 0 Å². The molecule has 0 aromatic carbocycles. The summed E-state index contributed by atoms with van der Waals surface area (Å²) in [6, 6.07) is 0. The lowest BCUT2D eigenvalue weighted by molar-refractivity contribution is 0.657. The van der Waals surface area contributed by atoms with Crippen LogP contribution in [0.4, 0.5) is 11.9 Å². The highest BCUT2D eigenvalue weighted by atomic mass is 35.5. The molecule has 1 aromatic rings. The van der Waals surface area contributed by atoms with Gasteiger partial charge in [0.2, 0.25) is 11.9 Å². The van der Waals surface area contributed by atoms with Crippen molar-refractivity contribution in [2.75, 3.05) is 23.7 Å². The molecule has 5 nitrogen and oxygen atoms in total. The van der Waals surface area contributed by atoms with Crippen LogP contribution in [0, 0.1) is 5.92 Å². The van der Waals surface area contributed by atoms with Gasteiger partial charge in [-0.3, -0.25) is 0 Å². The fourth-order valence-electron chi connectivity index (χ4n) is 1.74. The highest BCUT2D eigenvalue weighted by molar-refractivity contribution is 6.16. The number of hydrogen-bond donors (Lipinski definition) is 1. The van der Waals surface area contributed by atoms with Gasteiger partial charge in [-0.05, 0) is 12.3 Å². The molecule has 1 atom stereocenters. The van der Waals surface area contributed by atoms with Crippen LogP contribution in [-0.4, -0.2) is 28.0 Å². The van der Waals surface area contributed by atoms with E-state index in [1.807, 2.05) is 0 Å². The molecule has 1 saturated heterocycles. The maximum atomic E-state index is 5.68. The molecule has 82 valence electrons. The van der Waals surface area contributed by atoms with Gasteiger partial charge in [0, 0.05) is 13.1 Å². The van der Waals surface area contributed by atoms with Crippen molar-refractivity contribution in [1.82, 2.24) is 15.0 Å². The molecule has 1 aromatic heterocycles. The van der Waals surface area contributed by atoms with E-state index < -0.39 is 0 Å². The van der Waals surface area contributed by atoms with Crippen LogP contribution in [0.2, 0.25) is 0 Å². The third-order valence-corrected chi connectivity index (χ3v) is 2.75. The van der Waals surface area contributed by atoms with Crippen LogP contribution in [0.5, 0.6) is 0 Å². The molecular weight excluding hydrogens is 214 g/mol. The highest BCUT2D eigenvalue weighted by Crippen LogP contribution is 2.20. The maximum Gasteiger partial charge on any atom is 0.230 e. The Labute approximate surface area is 93.7 Å². The first-order valence-corrected chi connectivity index (χ1v) is 5.54. The van der Waals surface area contributed by atoms with Crippen LogP contribution >= 0.6 is 11.6 Å². The Kier molecular flexibility index (Phi) is 2.90. The number of nitrogen functional groups attached to an aromatic ring is 1. The second-order valence-electron chi connectivity index (χ2n) is 3.88. The summed E-state index contributed by atoms with van der Waals surface area (Å²) in [6.07, 6.45) is 1.17. The number of aromatic nitrogens is 3. The minimum Gasteiger partial charge on any atom is -0.368 e. The van der Waals surface area contributed by atoms with Gasteiger partial charge in [-0.2, -0.15) is 15.0 Å². The normalized spacial score (nSPS) is 20.9. The van der Waals surface area contributed by atoms with Crippen LogP contribution in [0.15, 0.2) is 0 Å². The molecule has 0 amide bonds. The largest absolute Gasteiger partial charge is 0.368 e. The van der Waals surface area contributed by atoms with Gasteiger partial charge in [0.05, 0.1) is 5.88 Å². The van der Waals surface area contributed by atoms with Crippen molar-refractivity contribution in [3.8, 4) is 0 Å². The monoisotopic (exact) mass is 227 g/mol. The zero-order valence-electron chi connectivity index (χ0n) is 8.65. The predicted molar refractivity (Wildman–Crippen MR) is 59.8 cm³/mol. The lowest BCUT2D eigenvalue weighted by Gasteiger charge is -2.15. The van der Waals surface area contributed by atoms with Gasteiger partial charge in [0.25, 0.3) is 0 Å². The zero-order chi connectivity index (χ0) is 10.8. The van der Waals surface area contributed by atoms with E-state index in [0.717, 1.165) is 13.1 Å². The Hall–Kier alpha value is -1.10. The number of halogens is 1. The van der Waals surface area contributed by atoms with Crippen LogP contribution < -0.4 is 10.6 Å². The molecule has 0 radical (unpaired) electrons. The molecule has 1 aliphatic rings. The molecular formula is C9H14ClN5. The van der Waals surface area contributed by atoms with E-state index in [1.165, 1.54) is 6.42 Å². The van der Waals surface area contributed by atoms with E-state index in [2.05, 4.69) is 26.8 Å². The van der Waals surface area contributed by atoms with Gasteiger partial charge in [-0.1, -0.05) is 6.92 Å². The second kappa shape index (κ2) is 4.18. The molecule has 2 heterocycles. The summed E-state index contributed by atoms with van der Waals surface area (Å²) in [5.74, 6) is 2.39. The number of nitrogens with zero attached hydrogens (tertiary/aromatic N) is 4. The average molecular weight is 228 g/mol. The van der Waals surface area contributed by atoms with Gasteiger partial charge in [-0.15, -0.1) is 11.6 Å². The highest BCUT2D eigenvalue weighted by Gasteiger charge is 2.21. The molecule has 1 fully saturated rings. The van der Waals surface area contributed by atoms with Crippen molar-refractivity contribution in [1.29, 1.82) is 0 Å². The Bertz CT molecular complexity index is 356. The molecule has 2 N–H and O–H groups in total. The van der Waals surface area contributed by atoms with E-state index >= 15 is 0 Å². The van der Waals surface area contributed by atoms with Crippen LogP contribution in [0.25, 0.3) is 0 Å². The molecule has 0 spiro atoms. The number of alkyl halides is 1. The number of anilines is 2. The van der Waals surface area contributed by atoms with Gasteiger partial charge in [0.1, 0.15) is 0 Å². The molecule has 15 heavy (non-hydrogen) atoms. The van der Waals surface area contributed by atoms with E-state index in [0.29, 0.717) is 17.7 Å². The van der Waals surface area contributed by atoms with Crippen molar-refractivity contribution in [2.45, 2.75) is 19.2 Å².